The van der Waals surface area contributed by atoms with Crippen LogP contribution < -0.4 is 15.4 Å². The van der Waals surface area contributed by atoms with E-state index in [0.717, 1.165) is 20.9 Å². The van der Waals surface area contributed by atoms with Gasteiger partial charge in [-0.15, -0.1) is 11.8 Å². The average molecular weight is 345 g/mol. The first-order chi connectivity index (χ1) is 11.2. The summed E-state index contributed by atoms with van der Waals surface area (Å²) in [7, 11) is 1.60. The number of methoxy groups -OCH3 is 1. The van der Waals surface area contributed by atoms with Crippen LogP contribution >= 0.6 is 23.1 Å². The Bertz CT molecular complexity index is 831. The Morgan fingerprint density at radius 1 is 1.17 bits per heavy atom. The number of nitrogens with one attached hydrogen (secondary N) is 2. The van der Waals surface area contributed by atoms with Crippen molar-refractivity contribution in [1.82, 2.24) is 4.98 Å². The van der Waals surface area contributed by atoms with Crippen LogP contribution in [0.1, 0.15) is 0 Å². The molecule has 0 aliphatic rings. The summed E-state index contributed by atoms with van der Waals surface area (Å²) in [4.78, 5) is 17.7. The molecule has 1 heterocycles. The fraction of sp³-hybridized carbons (Fsp3) is 0.125. The molecule has 2 amide bonds. The minimum Gasteiger partial charge on any atom is -0.497 e. The lowest BCUT2D eigenvalue weighted by molar-refractivity contribution is 0.262. The smallest absolute Gasteiger partial charge is 0.325 e. The van der Waals surface area contributed by atoms with Gasteiger partial charge in [0, 0.05) is 10.6 Å². The van der Waals surface area contributed by atoms with Crippen LogP contribution in [0.2, 0.25) is 0 Å². The maximum Gasteiger partial charge on any atom is 0.325 e. The first kappa shape index (κ1) is 15.6. The summed E-state index contributed by atoms with van der Waals surface area (Å²) in [5.41, 5.74) is 1.61. The fourth-order valence-electron chi connectivity index (χ4n) is 2.08. The highest BCUT2D eigenvalue weighted by Crippen LogP contribution is 2.32. The summed E-state index contributed by atoms with van der Waals surface area (Å²) >= 11 is 3.10. The zero-order chi connectivity index (χ0) is 16.2. The molecular weight excluding hydrogens is 330 g/mol. The molecule has 118 valence electrons. The normalized spacial score (nSPS) is 10.5. The third-order valence-electron chi connectivity index (χ3n) is 3.17. The Hall–Kier alpha value is -2.25. The third kappa shape index (κ3) is 3.57. The maximum atomic E-state index is 12.1. The number of anilines is 2. The predicted octanol–water partition coefficient (Wildman–Crippen LogP) is 4.67. The number of aromatic nitrogens is 1. The monoisotopic (exact) mass is 345 g/mol. The van der Waals surface area contributed by atoms with Gasteiger partial charge >= 0.3 is 6.03 Å². The molecule has 2 N–H and O–H groups in total. The molecule has 0 atom stereocenters. The number of thioether (sulfide) groups is 1. The number of rotatable bonds is 4. The van der Waals surface area contributed by atoms with Crippen molar-refractivity contribution in [2.45, 2.75) is 4.90 Å². The van der Waals surface area contributed by atoms with Crippen molar-refractivity contribution >= 4 is 50.2 Å². The van der Waals surface area contributed by atoms with E-state index in [9.17, 15) is 4.79 Å². The second kappa shape index (κ2) is 6.89. The number of ether oxygens (including phenoxy) is 1. The van der Waals surface area contributed by atoms with Crippen molar-refractivity contribution in [2.24, 2.45) is 0 Å². The number of benzene rings is 2. The molecule has 0 bridgehead atoms. The number of urea groups is 1. The number of carbonyl (C=O) groups excluding carboxylic acids is 1. The standard InChI is InChI=1S/C16H15N3O2S2/c1-21-11-8-6-10(7-9-11)17-15(20)19-16-18-14-12(22-2)4-3-5-13(14)23-16/h3-9H,1-2H3,(H2,17,18,19,20). The Kier molecular flexibility index (Phi) is 4.68. The van der Waals surface area contributed by atoms with Crippen molar-refractivity contribution in [3.05, 3.63) is 42.5 Å². The number of carbonyl (C=O) groups is 1. The number of amides is 2. The average Bonchev–Trinajstić information content (AvgIpc) is 2.97. The lowest BCUT2D eigenvalue weighted by Gasteiger charge is -2.06. The van der Waals surface area contributed by atoms with E-state index in [1.165, 1.54) is 11.3 Å². The molecule has 0 aliphatic carbocycles. The van der Waals surface area contributed by atoms with Gasteiger partial charge in [0.25, 0.3) is 0 Å². The second-order valence-corrected chi connectivity index (χ2v) is 6.51. The summed E-state index contributed by atoms with van der Waals surface area (Å²) in [5, 5.41) is 6.12. The maximum absolute atomic E-state index is 12.1. The molecule has 0 saturated heterocycles. The molecule has 0 unspecified atom stereocenters. The predicted molar refractivity (Wildman–Crippen MR) is 97.0 cm³/mol. The zero-order valence-corrected chi connectivity index (χ0v) is 14.3. The van der Waals surface area contributed by atoms with Crippen LogP contribution in [0, 0.1) is 0 Å². The van der Waals surface area contributed by atoms with Gasteiger partial charge < -0.3 is 10.1 Å². The van der Waals surface area contributed by atoms with Crippen LogP contribution in [0.4, 0.5) is 15.6 Å². The summed E-state index contributed by atoms with van der Waals surface area (Å²) in [6, 6.07) is 12.8. The molecule has 1 aromatic heterocycles. The van der Waals surface area contributed by atoms with Gasteiger partial charge in [-0.25, -0.2) is 9.78 Å². The van der Waals surface area contributed by atoms with Crippen LogP contribution in [-0.4, -0.2) is 24.4 Å². The highest BCUT2D eigenvalue weighted by atomic mass is 32.2. The topological polar surface area (TPSA) is 63.2 Å². The molecule has 0 fully saturated rings. The van der Waals surface area contributed by atoms with E-state index in [1.807, 2.05) is 24.5 Å². The Morgan fingerprint density at radius 3 is 2.65 bits per heavy atom. The van der Waals surface area contributed by atoms with E-state index in [1.54, 1.807) is 43.1 Å². The Labute approximate surface area is 142 Å². The second-order valence-electron chi connectivity index (χ2n) is 4.63. The van der Waals surface area contributed by atoms with Crippen molar-refractivity contribution < 1.29 is 9.53 Å². The highest BCUT2D eigenvalue weighted by molar-refractivity contribution is 7.98. The molecule has 7 heteroatoms. The molecule has 5 nitrogen and oxygen atoms in total. The summed E-state index contributed by atoms with van der Waals surface area (Å²) in [6.45, 7) is 0. The SMILES string of the molecule is COc1ccc(NC(=O)Nc2nc3c(SC)cccc3s2)cc1. The van der Waals surface area contributed by atoms with Crippen LogP contribution in [0.3, 0.4) is 0 Å². The number of para-hydroxylation sites is 1. The van der Waals surface area contributed by atoms with Gasteiger partial charge in [-0.05, 0) is 42.7 Å². The van der Waals surface area contributed by atoms with E-state index in [4.69, 9.17) is 4.74 Å². The molecule has 23 heavy (non-hydrogen) atoms. The first-order valence-electron chi connectivity index (χ1n) is 6.85. The number of hydrogen-bond donors (Lipinski definition) is 2. The summed E-state index contributed by atoms with van der Waals surface area (Å²) in [6.07, 6.45) is 2.01. The number of fused-ring (bicyclic) bond motifs is 1. The van der Waals surface area contributed by atoms with Crippen LogP contribution in [0.25, 0.3) is 10.2 Å². The Balaban J connectivity index is 1.72. The van der Waals surface area contributed by atoms with Gasteiger partial charge in [0.05, 0.1) is 17.3 Å². The number of nitrogens with zero attached hydrogens (tertiary/aromatic N) is 1. The van der Waals surface area contributed by atoms with Crippen LogP contribution in [0.5, 0.6) is 5.75 Å². The molecule has 3 rings (SSSR count). The third-order valence-corrected chi connectivity index (χ3v) is 4.88. The van der Waals surface area contributed by atoms with Crippen molar-refractivity contribution in [1.29, 1.82) is 0 Å². The zero-order valence-electron chi connectivity index (χ0n) is 12.6. The Morgan fingerprint density at radius 2 is 1.96 bits per heavy atom. The summed E-state index contributed by atoms with van der Waals surface area (Å²) < 4.78 is 6.14. The van der Waals surface area contributed by atoms with Crippen LogP contribution in [0.15, 0.2) is 47.4 Å². The van der Waals surface area contributed by atoms with Crippen molar-refractivity contribution in [3.63, 3.8) is 0 Å². The first-order valence-corrected chi connectivity index (χ1v) is 8.89. The fourth-order valence-corrected chi connectivity index (χ4v) is 3.59. The van der Waals surface area contributed by atoms with Gasteiger partial charge in [0.15, 0.2) is 5.13 Å². The lowest BCUT2D eigenvalue weighted by atomic mass is 10.3. The minimum atomic E-state index is -0.320. The van der Waals surface area contributed by atoms with Gasteiger partial charge in [0.2, 0.25) is 0 Å². The van der Waals surface area contributed by atoms with Gasteiger partial charge in [-0.3, -0.25) is 5.32 Å². The van der Waals surface area contributed by atoms with E-state index >= 15 is 0 Å². The van der Waals surface area contributed by atoms with E-state index in [-0.39, 0.29) is 6.03 Å². The summed E-state index contributed by atoms with van der Waals surface area (Å²) in [5.74, 6) is 0.742. The van der Waals surface area contributed by atoms with E-state index < -0.39 is 0 Å². The van der Waals surface area contributed by atoms with Crippen molar-refractivity contribution in [3.8, 4) is 5.75 Å². The largest absolute Gasteiger partial charge is 0.497 e. The van der Waals surface area contributed by atoms with Crippen LogP contribution in [-0.2, 0) is 0 Å². The van der Waals surface area contributed by atoms with Gasteiger partial charge in [-0.2, -0.15) is 0 Å². The van der Waals surface area contributed by atoms with E-state index in [0.29, 0.717) is 10.8 Å². The molecule has 0 radical (unpaired) electrons. The van der Waals surface area contributed by atoms with Gasteiger partial charge in [0.1, 0.15) is 5.75 Å². The minimum absolute atomic E-state index is 0.320. The molecule has 0 spiro atoms. The molecule has 2 aromatic carbocycles. The molecule has 0 aliphatic heterocycles. The van der Waals surface area contributed by atoms with Gasteiger partial charge in [-0.1, -0.05) is 17.4 Å². The van der Waals surface area contributed by atoms with Crippen molar-refractivity contribution in [2.75, 3.05) is 24.0 Å². The molecular formula is C16H15N3O2S2. The highest BCUT2D eigenvalue weighted by Gasteiger charge is 2.10. The lowest BCUT2D eigenvalue weighted by Crippen LogP contribution is -2.19. The van der Waals surface area contributed by atoms with E-state index in [2.05, 4.69) is 15.6 Å². The number of thiazole rings is 1. The molecule has 0 saturated carbocycles. The number of hydrogen-bond acceptors (Lipinski definition) is 5. The quantitative estimate of drug-likeness (QED) is 0.675. The molecule has 3 aromatic rings.